The highest BCUT2D eigenvalue weighted by Crippen LogP contribution is 2.69. The summed E-state index contributed by atoms with van der Waals surface area (Å²) in [5.41, 5.74) is -3.05. The molecule has 4 aliphatic rings. The van der Waals surface area contributed by atoms with E-state index in [1.165, 1.54) is 12.1 Å². The van der Waals surface area contributed by atoms with Gasteiger partial charge in [-0.15, -0.1) is 5.10 Å². The summed E-state index contributed by atoms with van der Waals surface area (Å²) in [6.45, 7) is 2.01. The van der Waals surface area contributed by atoms with Gasteiger partial charge in [-0.3, -0.25) is 4.68 Å². The van der Waals surface area contributed by atoms with E-state index in [0.717, 1.165) is 11.3 Å². The number of rotatable bonds is 5. The molecule has 1 aromatic heterocycles. The van der Waals surface area contributed by atoms with E-state index in [1.807, 2.05) is 13.1 Å². The zero-order valence-corrected chi connectivity index (χ0v) is 22.3. The number of aromatic nitrogens is 3. The van der Waals surface area contributed by atoms with Gasteiger partial charge in [0.2, 0.25) is 0 Å². The van der Waals surface area contributed by atoms with Crippen LogP contribution in [-0.2, 0) is 13.0 Å². The molecule has 2 aromatic rings. The van der Waals surface area contributed by atoms with Crippen molar-refractivity contribution >= 4 is 0 Å². The van der Waals surface area contributed by atoms with E-state index in [9.17, 15) is 35.0 Å². The molecule has 1 heterocycles. The fourth-order valence-corrected chi connectivity index (χ4v) is 9.45. The van der Waals surface area contributed by atoms with Gasteiger partial charge in [-0.25, -0.2) is 4.39 Å². The largest absolute Gasteiger partial charge is 0.396 e. The first kappa shape index (κ1) is 27.2. The maximum atomic E-state index is 13.3. The summed E-state index contributed by atoms with van der Waals surface area (Å²) in [4.78, 5) is 0. The molecule has 6 N–H and O–H groups in total. The minimum absolute atomic E-state index is 0.00228. The van der Waals surface area contributed by atoms with Gasteiger partial charge in [0.25, 0.3) is 0 Å². The second kappa shape index (κ2) is 9.29. The predicted molar refractivity (Wildman–Crippen MR) is 138 cm³/mol. The second-order valence-electron chi connectivity index (χ2n) is 13.1. The van der Waals surface area contributed by atoms with Crippen LogP contribution in [0.1, 0.15) is 63.1 Å². The Balaban J connectivity index is 1.26. The van der Waals surface area contributed by atoms with Crippen LogP contribution >= 0.6 is 0 Å². The van der Waals surface area contributed by atoms with Crippen LogP contribution in [-0.4, -0.2) is 81.8 Å². The Morgan fingerprint density at radius 3 is 2.51 bits per heavy atom. The molecule has 2 unspecified atom stereocenters. The monoisotopic (exact) mass is 545 g/mol. The summed E-state index contributed by atoms with van der Waals surface area (Å²) >= 11 is 0. The predicted octanol–water partition coefficient (Wildman–Crippen LogP) is 1.17. The van der Waals surface area contributed by atoms with Crippen molar-refractivity contribution in [3.05, 3.63) is 47.5 Å². The number of nitrogens with zero attached hydrogens (tertiary/aromatic N) is 3. The number of fused-ring (bicyclic) bond motifs is 5. The van der Waals surface area contributed by atoms with Crippen molar-refractivity contribution < 1.29 is 35.0 Å². The first-order valence-electron chi connectivity index (χ1n) is 14.2. The van der Waals surface area contributed by atoms with Gasteiger partial charge in [-0.2, -0.15) is 0 Å². The molecule has 4 saturated carbocycles. The van der Waals surface area contributed by atoms with Gasteiger partial charge in [-0.05, 0) is 61.6 Å². The number of halogens is 1. The summed E-state index contributed by atoms with van der Waals surface area (Å²) in [7, 11) is 0. The summed E-state index contributed by atoms with van der Waals surface area (Å²) in [5, 5.41) is 76.6. The van der Waals surface area contributed by atoms with Gasteiger partial charge in [0.15, 0.2) is 0 Å². The first-order chi connectivity index (χ1) is 18.5. The van der Waals surface area contributed by atoms with E-state index in [2.05, 4.69) is 10.3 Å². The third kappa shape index (κ3) is 3.86. The highest BCUT2D eigenvalue weighted by molar-refractivity contribution is 5.24. The molecular weight excluding hydrogens is 505 g/mol. The Kier molecular flexibility index (Phi) is 6.49. The molecule has 0 bridgehead atoms. The fourth-order valence-electron chi connectivity index (χ4n) is 9.45. The molecule has 9 nitrogen and oxygen atoms in total. The number of benzene rings is 1. The molecule has 10 heteroatoms. The van der Waals surface area contributed by atoms with Crippen molar-refractivity contribution in [3.8, 4) is 0 Å². The number of aliphatic hydroxyl groups is 6. The lowest BCUT2D eigenvalue weighted by Gasteiger charge is -2.68. The van der Waals surface area contributed by atoms with Crippen molar-refractivity contribution in [2.75, 3.05) is 6.61 Å². The van der Waals surface area contributed by atoms with E-state index in [4.69, 9.17) is 0 Å². The Labute approximate surface area is 227 Å². The zero-order chi connectivity index (χ0) is 27.8. The maximum Gasteiger partial charge on any atom is 0.123 e. The van der Waals surface area contributed by atoms with Gasteiger partial charge in [0.05, 0.1) is 47.2 Å². The van der Waals surface area contributed by atoms with E-state index < -0.39 is 58.8 Å². The Morgan fingerprint density at radius 2 is 1.79 bits per heavy atom. The van der Waals surface area contributed by atoms with Crippen LogP contribution in [0.2, 0.25) is 0 Å². The van der Waals surface area contributed by atoms with Gasteiger partial charge in [0.1, 0.15) is 5.82 Å². The van der Waals surface area contributed by atoms with Crippen LogP contribution in [0, 0.1) is 34.4 Å². The fraction of sp³-hybridized carbons (Fsp3) is 0.724. The molecule has 39 heavy (non-hydrogen) atoms. The highest BCUT2D eigenvalue weighted by Gasteiger charge is 2.74. The van der Waals surface area contributed by atoms with Crippen LogP contribution in [0.5, 0.6) is 0 Å². The topological polar surface area (TPSA) is 152 Å². The number of hydrogen-bond acceptors (Lipinski definition) is 8. The number of hydrogen-bond donors (Lipinski definition) is 6. The SMILES string of the molecule is C[C@]12C[C@@H](O)C3C(CC[C@]4(O)C[C@@H](O)C[C@@H](O)[C@]34CO)[C@@]1(O)CC[C@@H]2Cn1cc(Cc2ccc(F)cc2)nn1. The molecular formula is C29H40FN3O6. The summed E-state index contributed by atoms with van der Waals surface area (Å²) in [6, 6.07) is 6.29. The van der Waals surface area contributed by atoms with E-state index in [0.29, 0.717) is 32.2 Å². The Morgan fingerprint density at radius 1 is 1.05 bits per heavy atom. The lowest BCUT2D eigenvalue weighted by Crippen LogP contribution is -2.75. The van der Waals surface area contributed by atoms with Crippen molar-refractivity contribution in [2.24, 2.45) is 28.6 Å². The number of aliphatic hydroxyl groups excluding tert-OH is 4. The summed E-state index contributed by atoms with van der Waals surface area (Å²) in [5.74, 6) is -1.40. The van der Waals surface area contributed by atoms with Crippen molar-refractivity contribution in [3.63, 3.8) is 0 Å². The highest BCUT2D eigenvalue weighted by atomic mass is 19.1. The summed E-state index contributed by atoms with van der Waals surface area (Å²) < 4.78 is 15.0. The van der Waals surface area contributed by atoms with Gasteiger partial charge >= 0.3 is 0 Å². The van der Waals surface area contributed by atoms with Crippen LogP contribution < -0.4 is 0 Å². The Hall–Kier alpha value is -1.95. The van der Waals surface area contributed by atoms with Gasteiger partial charge in [0, 0.05) is 43.3 Å². The molecule has 4 aliphatic carbocycles. The molecule has 1 aromatic carbocycles. The minimum Gasteiger partial charge on any atom is -0.396 e. The first-order valence-corrected chi connectivity index (χ1v) is 14.2. The molecule has 0 spiro atoms. The third-order valence-electron chi connectivity index (χ3n) is 11.4. The quantitative estimate of drug-likeness (QED) is 0.328. The van der Waals surface area contributed by atoms with Gasteiger partial charge < -0.3 is 30.6 Å². The third-order valence-corrected chi connectivity index (χ3v) is 11.4. The van der Waals surface area contributed by atoms with Crippen LogP contribution in [0.4, 0.5) is 4.39 Å². The maximum absolute atomic E-state index is 13.3. The second-order valence-corrected chi connectivity index (χ2v) is 13.1. The molecule has 6 rings (SSSR count). The van der Waals surface area contributed by atoms with Crippen molar-refractivity contribution in [1.29, 1.82) is 0 Å². The smallest absolute Gasteiger partial charge is 0.123 e. The normalized spacial score (nSPS) is 45.4. The lowest BCUT2D eigenvalue weighted by atomic mass is 9.40. The van der Waals surface area contributed by atoms with E-state index in [1.54, 1.807) is 16.8 Å². The van der Waals surface area contributed by atoms with Crippen molar-refractivity contribution in [2.45, 2.75) is 94.3 Å². The molecule has 0 radical (unpaired) electrons. The van der Waals surface area contributed by atoms with E-state index >= 15 is 0 Å². The average Bonchev–Trinajstić information content (AvgIpc) is 3.42. The molecule has 214 valence electrons. The molecule has 0 aliphatic heterocycles. The molecule has 0 amide bonds. The van der Waals surface area contributed by atoms with Crippen LogP contribution in [0.3, 0.4) is 0 Å². The Bertz CT molecular complexity index is 1210. The molecule has 10 atom stereocenters. The summed E-state index contributed by atoms with van der Waals surface area (Å²) in [6.07, 6.45) is 1.57. The standard InChI is InChI=1S/C29H40FN3O6/c1-26-13-23(36)25-22(7-8-27(38)12-21(35)11-24(37)28(25,27)16-34)29(26,39)9-6-18(26)14-33-15-20(31-32-33)10-17-2-4-19(30)5-3-17/h2-5,15,18,21-25,34-39H,6-14,16H2,1H3/t18-,21+,22?,23-,24-,25?,26-,27+,28-,29+/m1/s1. The van der Waals surface area contributed by atoms with E-state index in [-0.39, 0.29) is 37.4 Å². The van der Waals surface area contributed by atoms with Crippen molar-refractivity contribution in [1.82, 2.24) is 15.0 Å². The average molecular weight is 546 g/mol. The van der Waals surface area contributed by atoms with Crippen LogP contribution in [0.15, 0.2) is 30.5 Å². The lowest BCUT2D eigenvalue weighted by molar-refractivity contribution is -0.317. The molecule has 0 saturated heterocycles. The zero-order valence-electron chi connectivity index (χ0n) is 22.3. The van der Waals surface area contributed by atoms with Gasteiger partial charge in [-0.1, -0.05) is 24.3 Å². The van der Waals surface area contributed by atoms with Crippen LogP contribution in [0.25, 0.3) is 0 Å². The molecule has 4 fully saturated rings. The minimum atomic E-state index is -1.52.